The Morgan fingerprint density at radius 3 is 2.80 bits per heavy atom. The van der Waals surface area contributed by atoms with E-state index in [0.717, 1.165) is 25.7 Å². The first-order valence-corrected chi connectivity index (χ1v) is 7.53. The van der Waals surface area contributed by atoms with Crippen molar-refractivity contribution in [3.05, 3.63) is 34.9 Å². The molecule has 3 N–H and O–H groups in total. The number of nitrogens with one attached hydrogen (secondary N) is 1. The highest BCUT2D eigenvalue weighted by molar-refractivity contribution is 5.80. The van der Waals surface area contributed by atoms with Crippen LogP contribution >= 0.6 is 0 Å². The van der Waals surface area contributed by atoms with Gasteiger partial charge in [0.25, 0.3) is 0 Å². The first kappa shape index (κ1) is 15.0. The Labute approximate surface area is 121 Å². The Balaban J connectivity index is 1.98. The number of benzene rings is 1. The van der Waals surface area contributed by atoms with E-state index in [2.05, 4.69) is 37.4 Å². The van der Waals surface area contributed by atoms with Gasteiger partial charge in [-0.15, -0.1) is 0 Å². The minimum absolute atomic E-state index is 0.0537. The van der Waals surface area contributed by atoms with E-state index in [-0.39, 0.29) is 17.4 Å². The third-order valence-corrected chi connectivity index (χ3v) is 4.52. The van der Waals surface area contributed by atoms with E-state index in [0.29, 0.717) is 6.54 Å². The molecule has 2 atom stereocenters. The lowest BCUT2D eigenvalue weighted by Crippen LogP contribution is -2.52. The van der Waals surface area contributed by atoms with E-state index in [1.165, 1.54) is 16.7 Å². The molecule has 0 spiro atoms. The van der Waals surface area contributed by atoms with Gasteiger partial charge >= 0.3 is 0 Å². The van der Waals surface area contributed by atoms with E-state index in [1.54, 1.807) is 0 Å². The Hall–Kier alpha value is -1.35. The van der Waals surface area contributed by atoms with Crippen LogP contribution in [0, 0.1) is 19.8 Å². The summed E-state index contributed by atoms with van der Waals surface area (Å²) in [5.74, 6) is 0.0525. The summed E-state index contributed by atoms with van der Waals surface area (Å²) in [4.78, 5) is 12.4. The summed E-state index contributed by atoms with van der Waals surface area (Å²) >= 11 is 0. The fourth-order valence-corrected chi connectivity index (χ4v) is 3.14. The number of amides is 1. The molecule has 0 bridgehead atoms. The number of carbonyl (C=O) groups excluding carboxylic acids is 1. The predicted molar refractivity (Wildman–Crippen MR) is 82.3 cm³/mol. The molecule has 3 nitrogen and oxygen atoms in total. The van der Waals surface area contributed by atoms with Crippen LogP contribution in [-0.4, -0.2) is 11.4 Å². The van der Waals surface area contributed by atoms with Gasteiger partial charge in [0.1, 0.15) is 0 Å². The minimum Gasteiger partial charge on any atom is -0.352 e. The largest absolute Gasteiger partial charge is 0.352 e. The number of rotatable bonds is 3. The van der Waals surface area contributed by atoms with Crippen LogP contribution in [0.1, 0.15) is 49.3 Å². The molecule has 20 heavy (non-hydrogen) atoms. The number of aryl methyl sites for hydroxylation is 2. The highest BCUT2D eigenvalue weighted by Gasteiger charge is 2.37. The van der Waals surface area contributed by atoms with Crippen molar-refractivity contribution in [3.63, 3.8) is 0 Å². The molecule has 0 heterocycles. The first-order chi connectivity index (χ1) is 9.40. The van der Waals surface area contributed by atoms with Crippen molar-refractivity contribution in [2.45, 2.75) is 58.5 Å². The maximum absolute atomic E-state index is 12.4. The predicted octanol–water partition coefficient (Wildman–Crippen LogP) is 2.83. The Morgan fingerprint density at radius 1 is 1.40 bits per heavy atom. The molecular formula is C17H26N2O. The summed E-state index contributed by atoms with van der Waals surface area (Å²) in [6.45, 7) is 6.77. The average Bonchev–Trinajstić information content (AvgIpc) is 2.37. The van der Waals surface area contributed by atoms with Gasteiger partial charge in [-0.2, -0.15) is 0 Å². The van der Waals surface area contributed by atoms with Crippen LogP contribution in [0.5, 0.6) is 0 Å². The molecule has 0 radical (unpaired) electrons. The van der Waals surface area contributed by atoms with Gasteiger partial charge < -0.3 is 11.1 Å². The fraction of sp³-hybridized carbons (Fsp3) is 0.588. The molecule has 1 saturated carbocycles. The normalized spacial score (nSPS) is 26.3. The molecule has 1 aromatic rings. The highest BCUT2D eigenvalue weighted by atomic mass is 16.1. The van der Waals surface area contributed by atoms with E-state index >= 15 is 0 Å². The molecule has 2 rings (SSSR count). The second-order valence-electron chi connectivity index (χ2n) is 6.45. The lowest BCUT2D eigenvalue weighted by Gasteiger charge is -2.37. The zero-order valence-corrected chi connectivity index (χ0v) is 12.8. The van der Waals surface area contributed by atoms with Crippen molar-refractivity contribution >= 4 is 5.91 Å². The quantitative estimate of drug-likeness (QED) is 0.890. The van der Waals surface area contributed by atoms with Crippen molar-refractivity contribution in [3.8, 4) is 0 Å². The number of nitrogens with two attached hydrogens (primary N) is 1. The van der Waals surface area contributed by atoms with Crippen LogP contribution in [0.15, 0.2) is 18.2 Å². The Morgan fingerprint density at radius 2 is 2.15 bits per heavy atom. The van der Waals surface area contributed by atoms with Crippen LogP contribution in [0.4, 0.5) is 0 Å². The topological polar surface area (TPSA) is 55.1 Å². The number of hydrogen-bond acceptors (Lipinski definition) is 2. The fourth-order valence-electron chi connectivity index (χ4n) is 3.14. The van der Waals surface area contributed by atoms with Gasteiger partial charge in [0, 0.05) is 12.1 Å². The van der Waals surface area contributed by atoms with Crippen molar-refractivity contribution in [1.29, 1.82) is 0 Å². The number of carbonyl (C=O) groups is 1. The smallest absolute Gasteiger partial charge is 0.225 e. The number of hydrogen-bond donors (Lipinski definition) is 2. The molecule has 0 saturated heterocycles. The zero-order valence-electron chi connectivity index (χ0n) is 12.8. The maximum atomic E-state index is 12.4. The summed E-state index contributed by atoms with van der Waals surface area (Å²) in [6, 6.07) is 6.32. The van der Waals surface area contributed by atoms with E-state index in [1.807, 2.05) is 6.92 Å². The van der Waals surface area contributed by atoms with Crippen molar-refractivity contribution in [1.82, 2.24) is 5.32 Å². The lowest BCUT2D eigenvalue weighted by atomic mass is 9.74. The molecule has 1 aliphatic rings. The molecular weight excluding hydrogens is 248 g/mol. The third kappa shape index (κ3) is 3.40. The molecule has 1 aliphatic carbocycles. The summed E-state index contributed by atoms with van der Waals surface area (Å²) in [6.07, 6.45) is 4.09. The second kappa shape index (κ2) is 5.96. The molecule has 0 aliphatic heterocycles. The van der Waals surface area contributed by atoms with Gasteiger partial charge in [0.15, 0.2) is 0 Å². The Bertz CT molecular complexity index is 494. The van der Waals surface area contributed by atoms with Crippen LogP contribution in [0.2, 0.25) is 0 Å². The SMILES string of the molecule is Cc1ccc(CNC(=O)C2CCCCC2(C)N)c(C)c1. The van der Waals surface area contributed by atoms with Gasteiger partial charge in [0.05, 0.1) is 5.92 Å². The molecule has 1 amide bonds. The summed E-state index contributed by atoms with van der Waals surface area (Å²) in [5, 5.41) is 3.07. The van der Waals surface area contributed by atoms with Gasteiger partial charge in [-0.05, 0) is 44.7 Å². The van der Waals surface area contributed by atoms with Gasteiger partial charge in [-0.25, -0.2) is 0 Å². The molecule has 110 valence electrons. The van der Waals surface area contributed by atoms with Gasteiger partial charge in [-0.3, -0.25) is 4.79 Å². The molecule has 0 aromatic heterocycles. The average molecular weight is 274 g/mol. The van der Waals surface area contributed by atoms with E-state index in [4.69, 9.17) is 5.73 Å². The second-order valence-corrected chi connectivity index (χ2v) is 6.45. The van der Waals surface area contributed by atoms with Crippen LogP contribution < -0.4 is 11.1 Å². The maximum Gasteiger partial charge on any atom is 0.225 e. The minimum atomic E-state index is -0.356. The van der Waals surface area contributed by atoms with Gasteiger partial charge in [-0.1, -0.05) is 36.6 Å². The molecule has 1 aromatic carbocycles. The van der Waals surface area contributed by atoms with Crippen LogP contribution in [0.3, 0.4) is 0 Å². The monoisotopic (exact) mass is 274 g/mol. The van der Waals surface area contributed by atoms with E-state index < -0.39 is 0 Å². The zero-order chi connectivity index (χ0) is 14.8. The van der Waals surface area contributed by atoms with Crippen molar-refractivity contribution in [2.24, 2.45) is 11.7 Å². The molecule has 2 unspecified atom stereocenters. The molecule has 3 heteroatoms. The lowest BCUT2D eigenvalue weighted by molar-refractivity contribution is -0.128. The third-order valence-electron chi connectivity index (χ3n) is 4.52. The molecule has 1 fully saturated rings. The van der Waals surface area contributed by atoms with E-state index in [9.17, 15) is 4.79 Å². The summed E-state index contributed by atoms with van der Waals surface area (Å²) in [7, 11) is 0. The summed E-state index contributed by atoms with van der Waals surface area (Å²) in [5.41, 5.74) is 9.58. The van der Waals surface area contributed by atoms with Crippen LogP contribution in [0.25, 0.3) is 0 Å². The Kier molecular flexibility index (Phi) is 4.48. The standard InChI is InChI=1S/C17H26N2O/c1-12-7-8-14(13(2)10-12)11-19-16(20)15-6-4-5-9-17(15,3)18/h7-8,10,15H,4-6,9,11,18H2,1-3H3,(H,19,20). The van der Waals surface area contributed by atoms with Crippen molar-refractivity contribution in [2.75, 3.05) is 0 Å². The van der Waals surface area contributed by atoms with Crippen LogP contribution in [-0.2, 0) is 11.3 Å². The highest BCUT2D eigenvalue weighted by Crippen LogP contribution is 2.31. The van der Waals surface area contributed by atoms with Gasteiger partial charge in [0.2, 0.25) is 5.91 Å². The first-order valence-electron chi connectivity index (χ1n) is 7.53. The summed E-state index contributed by atoms with van der Waals surface area (Å²) < 4.78 is 0. The van der Waals surface area contributed by atoms with Crippen molar-refractivity contribution < 1.29 is 4.79 Å².